The summed E-state index contributed by atoms with van der Waals surface area (Å²) in [6, 6.07) is 0. The molecule has 0 saturated carbocycles. The van der Waals surface area contributed by atoms with Crippen LogP contribution in [0.3, 0.4) is 0 Å². The molecule has 0 spiro atoms. The van der Waals surface area contributed by atoms with Crippen molar-refractivity contribution in [3.05, 3.63) is 36.0 Å². The molecule has 0 N–H and O–H groups in total. The largest absolute Gasteiger partial charge is 0.0919 e. The Morgan fingerprint density at radius 3 is 1.23 bits per heavy atom. The monoisotopic (exact) mass is 182 g/mol. The van der Waals surface area contributed by atoms with Crippen LogP contribution >= 0.6 is 0 Å². The minimum absolute atomic E-state index is 1.32. The van der Waals surface area contributed by atoms with Gasteiger partial charge in [-0.15, -0.1) is 0 Å². The second-order valence-electron chi connectivity index (χ2n) is 2.20. The van der Waals surface area contributed by atoms with Crippen LogP contribution in [0.5, 0.6) is 0 Å². The van der Waals surface area contributed by atoms with Crippen molar-refractivity contribution in [2.24, 2.45) is 0 Å². The van der Waals surface area contributed by atoms with Gasteiger partial charge in [0.05, 0.1) is 0 Å². The van der Waals surface area contributed by atoms with Crippen LogP contribution in [0.2, 0.25) is 0 Å². The molecule has 78 valence electrons. The molecule has 0 aliphatic rings. The molecule has 0 amide bonds. The average Bonchev–Trinajstić information content (AvgIpc) is 2.21. The normalized spacial score (nSPS) is 10.5. The minimum atomic E-state index is 1.32. The van der Waals surface area contributed by atoms with Gasteiger partial charge in [-0.05, 0) is 34.6 Å². The first-order chi connectivity index (χ1) is 6.22. The number of rotatable bonds is 1. The van der Waals surface area contributed by atoms with Crippen molar-refractivity contribution >= 4 is 0 Å². The molecular formula is C13H26. The van der Waals surface area contributed by atoms with Gasteiger partial charge in [0.15, 0.2) is 0 Å². The van der Waals surface area contributed by atoms with Gasteiger partial charge in [-0.2, -0.15) is 0 Å². The van der Waals surface area contributed by atoms with Crippen LogP contribution in [0.25, 0.3) is 0 Å². The molecule has 0 aromatic rings. The molecule has 0 fully saturated rings. The smallest absolute Gasteiger partial charge is 0.0401 e. The molecule has 13 heavy (non-hydrogen) atoms. The highest BCUT2D eigenvalue weighted by Gasteiger charge is 1.69. The predicted octanol–water partition coefficient (Wildman–Crippen LogP) is 5.14. The van der Waals surface area contributed by atoms with Crippen LogP contribution in [0.1, 0.15) is 48.5 Å². The molecule has 0 rings (SSSR count). The molecule has 0 unspecified atom stereocenters. The molecular weight excluding hydrogens is 156 g/mol. The Morgan fingerprint density at radius 2 is 1.15 bits per heavy atom. The lowest BCUT2D eigenvalue weighted by atomic mass is 10.3. The van der Waals surface area contributed by atoms with E-state index in [1.807, 2.05) is 59.8 Å². The third-order valence-electron chi connectivity index (χ3n) is 1.22. The zero-order chi connectivity index (χ0) is 11.1. The third kappa shape index (κ3) is 35.0. The molecule has 0 atom stereocenters. The Hall–Kier alpha value is -0.780. The zero-order valence-electron chi connectivity index (χ0n) is 10.4. The van der Waals surface area contributed by atoms with E-state index in [1.54, 1.807) is 0 Å². The van der Waals surface area contributed by atoms with E-state index >= 15 is 0 Å². The summed E-state index contributed by atoms with van der Waals surface area (Å²) in [6.45, 7) is 14.1. The van der Waals surface area contributed by atoms with Gasteiger partial charge in [0.25, 0.3) is 0 Å². The number of hydrogen-bond acceptors (Lipinski definition) is 0. The van der Waals surface area contributed by atoms with Gasteiger partial charge in [-0.25, -0.2) is 0 Å². The lowest BCUT2D eigenvalue weighted by molar-refractivity contribution is 1.46. The van der Waals surface area contributed by atoms with Crippen LogP contribution in [-0.2, 0) is 0 Å². The van der Waals surface area contributed by atoms with Crippen LogP contribution in [0.4, 0.5) is 0 Å². The standard InChI is InChI=1S/C7H12.C4H8.C2H6/c1-4-6-7(3)5-2;1-3-4-2;1-2/h4-6H,1-3H3;3-4H,1-2H3;1-2H3/b6-4-,7-5-;4-3-;. The fourth-order valence-electron chi connectivity index (χ4n) is 0.359. The first-order valence-electron chi connectivity index (χ1n) is 5.05. The van der Waals surface area contributed by atoms with Gasteiger partial charge in [0.1, 0.15) is 0 Å². The third-order valence-corrected chi connectivity index (χ3v) is 1.22. The first kappa shape index (κ1) is 18.1. The van der Waals surface area contributed by atoms with Gasteiger partial charge in [0, 0.05) is 0 Å². The molecule has 0 radical (unpaired) electrons. The van der Waals surface area contributed by atoms with E-state index in [2.05, 4.69) is 19.1 Å². The van der Waals surface area contributed by atoms with Crippen molar-refractivity contribution in [3.8, 4) is 0 Å². The van der Waals surface area contributed by atoms with Crippen molar-refractivity contribution in [1.82, 2.24) is 0 Å². The summed E-state index contributed by atoms with van der Waals surface area (Å²) in [6.07, 6.45) is 10.2. The second-order valence-corrected chi connectivity index (χ2v) is 2.20. The number of allylic oxidation sites excluding steroid dienone is 6. The van der Waals surface area contributed by atoms with Crippen LogP contribution in [0, 0.1) is 0 Å². The second kappa shape index (κ2) is 22.5. The van der Waals surface area contributed by atoms with E-state index in [0.29, 0.717) is 0 Å². The highest BCUT2D eigenvalue weighted by atomic mass is 13.8. The maximum absolute atomic E-state index is 2.08. The molecule has 0 heteroatoms. The molecule has 0 aliphatic heterocycles. The van der Waals surface area contributed by atoms with E-state index in [9.17, 15) is 0 Å². The predicted molar refractivity (Wildman–Crippen MR) is 66.1 cm³/mol. The molecule has 0 nitrogen and oxygen atoms in total. The van der Waals surface area contributed by atoms with Crippen LogP contribution < -0.4 is 0 Å². The quantitative estimate of drug-likeness (QED) is 0.389. The summed E-state index contributed by atoms with van der Waals surface area (Å²) < 4.78 is 0. The van der Waals surface area contributed by atoms with Crippen molar-refractivity contribution in [1.29, 1.82) is 0 Å². The summed E-state index contributed by atoms with van der Waals surface area (Å²) in [5.74, 6) is 0. The van der Waals surface area contributed by atoms with Crippen molar-refractivity contribution in [2.75, 3.05) is 0 Å². The van der Waals surface area contributed by atoms with Crippen molar-refractivity contribution in [3.63, 3.8) is 0 Å². The Kier molecular flexibility index (Phi) is 31.3. The molecule has 0 bridgehead atoms. The van der Waals surface area contributed by atoms with E-state index < -0.39 is 0 Å². The van der Waals surface area contributed by atoms with Crippen LogP contribution in [-0.4, -0.2) is 0 Å². The van der Waals surface area contributed by atoms with Crippen molar-refractivity contribution < 1.29 is 0 Å². The Bertz CT molecular complexity index is 132. The van der Waals surface area contributed by atoms with E-state index in [1.165, 1.54) is 5.57 Å². The van der Waals surface area contributed by atoms with Gasteiger partial charge in [0.2, 0.25) is 0 Å². The van der Waals surface area contributed by atoms with E-state index in [-0.39, 0.29) is 0 Å². The van der Waals surface area contributed by atoms with Gasteiger partial charge >= 0.3 is 0 Å². The van der Waals surface area contributed by atoms with Crippen LogP contribution in [0.15, 0.2) is 36.0 Å². The SMILES string of the molecule is C/C=C\C.C/C=C\C(C)=C/C.CC. The topological polar surface area (TPSA) is 0 Å². The number of hydrogen-bond donors (Lipinski definition) is 0. The first-order valence-corrected chi connectivity index (χ1v) is 5.05. The highest BCUT2D eigenvalue weighted by Crippen LogP contribution is 1.91. The lowest BCUT2D eigenvalue weighted by Crippen LogP contribution is -1.60. The molecule has 0 aromatic carbocycles. The zero-order valence-corrected chi connectivity index (χ0v) is 10.4. The molecule has 0 heterocycles. The van der Waals surface area contributed by atoms with Gasteiger partial charge in [-0.3, -0.25) is 0 Å². The fourth-order valence-corrected chi connectivity index (χ4v) is 0.359. The fraction of sp³-hybridized carbons (Fsp3) is 0.538. The molecule has 0 aromatic heterocycles. The minimum Gasteiger partial charge on any atom is -0.0919 e. The van der Waals surface area contributed by atoms with E-state index in [4.69, 9.17) is 0 Å². The Morgan fingerprint density at radius 1 is 0.769 bits per heavy atom. The van der Waals surface area contributed by atoms with Crippen molar-refractivity contribution in [2.45, 2.75) is 48.5 Å². The maximum atomic E-state index is 2.08. The summed E-state index contributed by atoms with van der Waals surface area (Å²) in [7, 11) is 0. The summed E-state index contributed by atoms with van der Waals surface area (Å²) in [5.41, 5.74) is 1.32. The molecule has 0 saturated heterocycles. The lowest BCUT2D eigenvalue weighted by Gasteiger charge is -1.81. The summed E-state index contributed by atoms with van der Waals surface area (Å²) >= 11 is 0. The maximum Gasteiger partial charge on any atom is -0.0401 e. The Labute approximate surface area is 85.1 Å². The van der Waals surface area contributed by atoms with E-state index in [0.717, 1.165) is 0 Å². The molecule has 0 aliphatic carbocycles. The summed E-state index contributed by atoms with van der Waals surface area (Å²) in [5, 5.41) is 0. The average molecular weight is 182 g/mol. The Balaban J connectivity index is -0.000000142. The highest BCUT2D eigenvalue weighted by molar-refractivity contribution is 5.13. The summed E-state index contributed by atoms with van der Waals surface area (Å²) in [4.78, 5) is 0. The van der Waals surface area contributed by atoms with Gasteiger partial charge < -0.3 is 0 Å². The van der Waals surface area contributed by atoms with Gasteiger partial charge in [-0.1, -0.05) is 49.8 Å².